The molecule has 0 heterocycles. The van der Waals surface area contributed by atoms with Crippen LogP contribution in [0.25, 0.3) is 0 Å². The number of anilines is 1. The molecule has 1 aromatic rings. The van der Waals surface area contributed by atoms with E-state index in [0.717, 1.165) is 5.69 Å². The van der Waals surface area contributed by atoms with Crippen LogP contribution < -0.4 is 16.0 Å². The maximum Gasteiger partial charge on any atom is 0.407 e. The fourth-order valence-corrected chi connectivity index (χ4v) is 7.03. The monoisotopic (exact) mass is 568 g/mol. The number of aliphatic hydroxyl groups is 1. The van der Waals surface area contributed by atoms with Crippen LogP contribution in [-0.2, 0) is 27.3 Å². The summed E-state index contributed by atoms with van der Waals surface area (Å²) < 4.78 is 5.06. The standard InChI is InChI=1S/C30H40N4O7/c1-8-9-41-29(39)32-13-17-12-20(33(4)5)18-10-16-11-19-24(34(6)7)14(2)21(28(31)38)27(37)30(19,40)15(3)22(16)26(36)23(18)25(17)35/h12,16,19,24,35,40H,8-11,13H2,1-7H3,(H2,31,38)(H,32,39)/t16-,19-,24+,30+/m0/s1. The highest BCUT2D eigenvalue weighted by Crippen LogP contribution is 2.54. The van der Waals surface area contributed by atoms with E-state index in [1.54, 1.807) is 19.9 Å². The van der Waals surface area contributed by atoms with Crippen molar-refractivity contribution >= 4 is 29.3 Å². The van der Waals surface area contributed by atoms with Crippen LogP contribution >= 0.6 is 0 Å². The molecule has 222 valence electrons. The molecule has 3 aliphatic carbocycles. The minimum atomic E-state index is -2.11. The third-order valence-electron chi connectivity index (χ3n) is 8.78. The van der Waals surface area contributed by atoms with Crippen molar-refractivity contribution in [1.29, 1.82) is 0 Å². The number of hydrogen-bond acceptors (Lipinski definition) is 9. The van der Waals surface area contributed by atoms with Crippen molar-refractivity contribution in [3.05, 3.63) is 45.0 Å². The van der Waals surface area contributed by atoms with E-state index >= 15 is 0 Å². The van der Waals surface area contributed by atoms with Gasteiger partial charge in [-0.3, -0.25) is 14.4 Å². The summed E-state index contributed by atoms with van der Waals surface area (Å²) in [5.41, 5.74) is 5.99. The highest BCUT2D eigenvalue weighted by molar-refractivity contribution is 6.25. The van der Waals surface area contributed by atoms with Crippen LogP contribution in [0.2, 0.25) is 0 Å². The van der Waals surface area contributed by atoms with Gasteiger partial charge in [0.1, 0.15) is 5.75 Å². The van der Waals surface area contributed by atoms with Crippen molar-refractivity contribution in [2.24, 2.45) is 17.6 Å². The molecule has 2 amide bonds. The first-order valence-corrected chi connectivity index (χ1v) is 13.8. The molecule has 3 aliphatic rings. The highest BCUT2D eigenvalue weighted by atomic mass is 16.5. The second-order valence-electron chi connectivity index (χ2n) is 11.7. The number of nitrogens with one attached hydrogen (secondary N) is 1. The number of carbonyl (C=O) groups is 4. The summed E-state index contributed by atoms with van der Waals surface area (Å²) in [7, 11) is 7.30. The van der Waals surface area contributed by atoms with Crippen LogP contribution in [0.5, 0.6) is 5.75 Å². The van der Waals surface area contributed by atoms with Crippen molar-refractivity contribution in [2.75, 3.05) is 39.7 Å². The van der Waals surface area contributed by atoms with Gasteiger partial charge in [0.15, 0.2) is 11.4 Å². The molecule has 4 atom stereocenters. The molecule has 0 saturated carbocycles. The van der Waals surface area contributed by atoms with Gasteiger partial charge in [-0.2, -0.15) is 0 Å². The van der Waals surface area contributed by atoms with Crippen LogP contribution in [0, 0.1) is 11.8 Å². The summed E-state index contributed by atoms with van der Waals surface area (Å²) in [6.45, 7) is 5.30. The molecule has 0 saturated heterocycles. The molecule has 0 spiro atoms. The zero-order chi connectivity index (χ0) is 30.5. The lowest BCUT2D eigenvalue weighted by Gasteiger charge is -2.52. The Balaban J connectivity index is 1.87. The lowest BCUT2D eigenvalue weighted by atomic mass is 9.55. The molecule has 0 radical (unpaired) electrons. The number of fused-ring (bicyclic) bond motifs is 3. The van der Waals surface area contributed by atoms with E-state index in [-0.39, 0.29) is 47.1 Å². The van der Waals surface area contributed by atoms with Crippen LogP contribution in [0.4, 0.5) is 10.5 Å². The molecule has 41 heavy (non-hydrogen) atoms. The van der Waals surface area contributed by atoms with Gasteiger partial charge in [-0.1, -0.05) is 6.92 Å². The topological polar surface area (TPSA) is 163 Å². The van der Waals surface area contributed by atoms with E-state index in [2.05, 4.69) is 5.32 Å². The molecule has 0 unspecified atom stereocenters. The second kappa shape index (κ2) is 10.9. The van der Waals surface area contributed by atoms with Crippen LogP contribution in [0.1, 0.15) is 55.1 Å². The molecule has 0 fully saturated rings. The zero-order valence-corrected chi connectivity index (χ0v) is 24.8. The highest BCUT2D eigenvalue weighted by Gasteiger charge is 2.60. The van der Waals surface area contributed by atoms with E-state index in [0.29, 0.717) is 36.0 Å². The summed E-state index contributed by atoms with van der Waals surface area (Å²) >= 11 is 0. The van der Waals surface area contributed by atoms with Crippen molar-refractivity contribution in [3.8, 4) is 5.75 Å². The molecular weight excluding hydrogens is 528 g/mol. The number of Topliss-reactive ketones (excluding diaryl/α,β-unsaturated/α-hetero) is 2. The van der Waals surface area contributed by atoms with Gasteiger partial charge in [0, 0.05) is 49.4 Å². The molecule has 0 aromatic heterocycles. The summed E-state index contributed by atoms with van der Waals surface area (Å²) in [6, 6.07) is 1.29. The number of primary amides is 1. The Hall–Kier alpha value is -3.70. The summed E-state index contributed by atoms with van der Waals surface area (Å²) in [4.78, 5) is 56.1. The largest absolute Gasteiger partial charge is 0.507 e. The molecule has 5 N–H and O–H groups in total. The second-order valence-corrected chi connectivity index (χ2v) is 11.7. The van der Waals surface area contributed by atoms with E-state index in [9.17, 15) is 29.4 Å². The quantitative estimate of drug-likeness (QED) is 0.360. The average Bonchev–Trinajstić information content (AvgIpc) is 2.88. The van der Waals surface area contributed by atoms with Gasteiger partial charge in [0.2, 0.25) is 5.78 Å². The smallest absolute Gasteiger partial charge is 0.407 e. The fraction of sp³-hybridized carbons (Fsp3) is 0.533. The van der Waals surface area contributed by atoms with E-state index in [1.807, 2.05) is 44.9 Å². The summed E-state index contributed by atoms with van der Waals surface area (Å²) in [6.07, 6.45) is 0.731. The van der Waals surface area contributed by atoms with Gasteiger partial charge in [0.25, 0.3) is 5.91 Å². The van der Waals surface area contributed by atoms with Crippen molar-refractivity contribution in [1.82, 2.24) is 10.2 Å². The van der Waals surface area contributed by atoms with Gasteiger partial charge >= 0.3 is 6.09 Å². The number of likely N-dealkylation sites (N-methyl/N-ethyl adjacent to an activating group) is 1. The number of aromatic hydroxyl groups is 1. The average molecular weight is 569 g/mol. The van der Waals surface area contributed by atoms with Crippen LogP contribution in [0.15, 0.2) is 28.4 Å². The van der Waals surface area contributed by atoms with Gasteiger partial charge in [-0.05, 0) is 75.9 Å². The predicted molar refractivity (Wildman–Crippen MR) is 153 cm³/mol. The number of phenols is 1. The predicted octanol–water partition coefficient (Wildman–Crippen LogP) is 1.83. The molecule has 11 heteroatoms. The maximum absolute atomic E-state index is 14.2. The number of allylic oxidation sites excluding steroid dienone is 1. The van der Waals surface area contributed by atoms with Crippen molar-refractivity contribution in [2.45, 2.75) is 58.2 Å². The number of ketones is 2. The lowest BCUT2D eigenvalue weighted by molar-refractivity contribution is -0.142. The molecule has 0 bridgehead atoms. The zero-order valence-electron chi connectivity index (χ0n) is 24.8. The number of amides is 2. The van der Waals surface area contributed by atoms with Crippen LogP contribution in [-0.4, -0.2) is 85.1 Å². The molecule has 11 nitrogen and oxygen atoms in total. The van der Waals surface area contributed by atoms with E-state index in [4.69, 9.17) is 10.5 Å². The number of nitrogens with zero attached hydrogens (tertiary/aromatic N) is 2. The fourth-order valence-electron chi connectivity index (χ4n) is 7.03. The third-order valence-corrected chi connectivity index (χ3v) is 8.78. The number of carbonyl (C=O) groups excluding carboxylic acids is 4. The first-order chi connectivity index (χ1) is 19.2. The van der Waals surface area contributed by atoms with Gasteiger partial charge in [0.05, 0.1) is 17.7 Å². The number of ether oxygens (including phenoxy) is 1. The third kappa shape index (κ3) is 4.70. The van der Waals surface area contributed by atoms with Crippen molar-refractivity contribution in [3.63, 3.8) is 0 Å². The molecular formula is C30H40N4O7. The Kier molecular flexibility index (Phi) is 8.08. The Morgan fingerprint density at radius 1 is 1.20 bits per heavy atom. The number of nitrogens with two attached hydrogens (primary N) is 1. The number of alkyl carbamates (subject to hydrolysis) is 1. The number of rotatable bonds is 7. The van der Waals surface area contributed by atoms with Gasteiger partial charge in [-0.25, -0.2) is 4.79 Å². The Bertz CT molecular complexity index is 1390. The van der Waals surface area contributed by atoms with E-state index in [1.165, 1.54) is 0 Å². The maximum atomic E-state index is 14.2. The normalized spacial score (nSPS) is 25.5. The lowest BCUT2D eigenvalue weighted by Crippen LogP contribution is -2.63. The minimum Gasteiger partial charge on any atom is -0.507 e. The number of phenolic OH excluding ortho intramolecular Hbond substituents is 1. The summed E-state index contributed by atoms with van der Waals surface area (Å²) in [5.74, 6) is -3.43. The first-order valence-electron chi connectivity index (χ1n) is 13.8. The van der Waals surface area contributed by atoms with Gasteiger partial charge < -0.3 is 35.8 Å². The summed E-state index contributed by atoms with van der Waals surface area (Å²) in [5, 5.41) is 26.1. The minimum absolute atomic E-state index is 0.0711. The Morgan fingerprint density at radius 2 is 1.85 bits per heavy atom. The molecule has 0 aliphatic heterocycles. The SMILES string of the molecule is CCCOC(=O)NCc1cc(N(C)C)c2c(c1O)C(=O)C1=C(C)[C@]3(O)C(=O)C(C(N)=O)=C(C)[C@@H](N(C)C)[C@@H]3C[C@@H]1C2. The Morgan fingerprint density at radius 3 is 2.41 bits per heavy atom. The van der Waals surface area contributed by atoms with Crippen molar-refractivity contribution < 1.29 is 34.1 Å². The molecule has 4 rings (SSSR count). The molecule has 1 aromatic carbocycles. The Labute approximate surface area is 240 Å². The van der Waals surface area contributed by atoms with Gasteiger partial charge in [-0.15, -0.1) is 0 Å². The first kappa shape index (κ1) is 30.3. The number of benzene rings is 1. The van der Waals surface area contributed by atoms with Crippen LogP contribution in [0.3, 0.4) is 0 Å². The number of hydrogen-bond donors (Lipinski definition) is 4. The van der Waals surface area contributed by atoms with E-state index < -0.39 is 41.1 Å².